The van der Waals surface area contributed by atoms with Crippen molar-refractivity contribution in [3.05, 3.63) is 52.9 Å². The fourth-order valence-corrected chi connectivity index (χ4v) is 3.77. The standard InChI is InChI=1S/C19H22N4OS/c1-15(18(24)21-19-17(13-20)7-12-25-19)23-10-8-22(9-11-23)14-16-5-3-2-4-6-16/h2-7,12,15H,8-11,14H2,1H3,(H,21,24)/t15-/m1/s1. The highest BCUT2D eigenvalue weighted by atomic mass is 32.1. The molecule has 0 saturated carbocycles. The van der Waals surface area contributed by atoms with Gasteiger partial charge in [-0.15, -0.1) is 11.3 Å². The number of carbonyl (C=O) groups excluding carboxylic acids is 1. The highest BCUT2D eigenvalue weighted by molar-refractivity contribution is 7.14. The second kappa shape index (κ2) is 8.26. The van der Waals surface area contributed by atoms with E-state index in [0.717, 1.165) is 32.7 Å². The minimum Gasteiger partial charge on any atom is -0.315 e. The fraction of sp³-hybridized carbons (Fsp3) is 0.368. The van der Waals surface area contributed by atoms with E-state index in [2.05, 4.69) is 45.5 Å². The van der Waals surface area contributed by atoms with Gasteiger partial charge in [-0.2, -0.15) is 5.26 Å². The van der Waals surface area contributed by atoms with Gasteiger partial charge in [-0.3, -0.25) is 14.6 Å². The van der Waals surface area contributed by atoms with Gasteiger partial charge in [0.1, 0.15) is 11.1 Å². The van der Waals surface area contributed by atoms with Crippen LogP contribution < -0.4 is 5.32 Å². The lowest BCUT2D eigenvalue weighted by Crippen LogP contribution is -2.52. The van der Waals surface area contributed by atoms with Crippen LogP contribution in [0.5, 0.6) is 0 Å². The van der Waals surface area contributed by atoms with E-state index in [4.69, 9.17) is 5.26 Å². The lowest BCUT2D eigenvalue weighted by atomic mass is 10.1. The molecule has 0 bridgehead atoms. The molecule has 1 atom stereocenters. The van der Waals surface area contributed by atoms with E-state index in [9.17, 15) is 4.79 Å². The summed E-state index contributed by atoms with van der Waals surface area (Å²) in [4.78, 5) is 17.1. The summed E-state index contributed by atoms with van der Waals surface area (Å²) in [5.74, 6) is -0.0459. The van der Waals surface area contributed by atoms with E-state index in [1.165, 1.54) is 16.9 Å². The van der Waals surface area contributed by atoms with Gasteiger partial charge in [-0.05, 0) is 23.9 Å². The number of nitriles is 1. The SMILES string of the molecule is C[C@H](C(=O)Nc1sccc1C#N)N1CCN(Cc2ccccc2)CC1. The number of thiophene rings is 1. The molecule has 130 valence electrons. The summed E-state index contributed by atoms with van der Waals surface area (Å²) < 4.78 is 0. The smallest absolute Gasteiger partial charge is 0.242 e. The summed E-state index contributed by atoms with van der Waals surface area (Å²) >= 11 is 1.39. The molecule has 1 fully saturated rings. The van der Waals surface area contributed by atoms with Crippen LogP contribution >= 0.6 is 11.3 Å². The van der Waals surface area contributed by atoms with Gasteiger partial charge in [-0.1, -0.05) is 30.3 Å². The van der Waals surface area contributed by atoms with Gasteiger partial charge in [0, 0.05) is 32.7 Å². The Morgan fingerprint density at radius 2 is 1.96 bits per heavy atom. The van der Waals surface area contributed by atoms with Crippen LogP contribution in [0, 0.1) is 11.3 Å². The van der Waals surface area contributed by atoms with E-state index in [1.807, 2.05) is 18.4 Å². The van der Waals surface area contributed by atoms with Crippen LogP contribution in [0.3, 0.4) is 0 Å². The van der Waals surface area contributed by atoms with Crippen molar-refractivity contribution in [1.29, 1.82) is 5.26 Å². The number of piperazine rings is 1. The molecule has 1 amide bonds. The normalized spacial score (nSPS) is 17.0. The fourth-order valence-electron chi connectivity index (χ4n) is 3.03. The van der Waals surface area contributed by atoms with Crippen LogP contribution in [-0.4, -0.2) is 47.9 Å². The third-order valence-electron chi connectivity index (χ3n) is 4.61. The van der Waals surface area contributed by atoms with Crippen LogP contribution in [-0.2, 0) is 11.3 Å². The molecule has 0 unspecified atom stereocenters. The van der Waals surface area contributed by atoms with E-state index in [-0.39, 0.29) is 11.9 Å². The lowest BCUT2D eigenvalue weighted by Gasteiger charge is -2.37. The summed E-state index contributed by atoms with van der Waals surface area (Å²) in [6, 6.07) is 14.1. The molecule has 0 spiro atoms. The zero-order chi connectivity index (χ0) is 17.6. The number of carbonyl (C=O) groups is 1. The van der Waals surface area contributed by atoms with Crippen LogP contribution in [0.2, 0.25) is 0 Å². The molecule has 1 aromatic carbocycles. The Balaban J connectivity index is 1.50. The predicted molar refractivity (Wildman–Crippen MR) is 100 cm³/mol. The zero-order valence-electron chi connectivity index (χ0n) is 14.3. The highest BCUT2D eigenvalue weighted by Crippen LogP contribution is 2.22. The van der Waals surface area contributed by atoms with Crippen LogP contribution in [0.4, 0.5) is 5.00 Å². The molecule has 2 heterocycles. The topological polar surface area (TPSA) is 59.4 Å². The third kappa shape index (κ3) is 4.45. The number of nitrogens with zero attached hydrogens (tertiary/aromatic N) is 3. The minimum atomic E-state index is -0.201. The quantitative estimate of drug-likeness (QED) is 0.897. The first-order valence-electron chi connectivity index (χ1n) is 8.46. The Bertz CT molecular complexity index is 744. The molecule has 0 aliphatic carbocycles. The number of benzene rings is 1. The van der Waals surface area contributed by atoms with Crippen molar-refractivity contribution in [2.45, 2.75) is 19.5 Å². The lowest BCUT2D eigenvalue weighted by molar-refractivity contribution is -0.121. The van der Waals surface area contributed by atoms with Crippen molar-refractivity contribution < 1.29 is 4.79 Å². The highest BCUT2D eigenvalue weighted by Gasteiger charge is 2.26. The summed E-state index contributed by atoms with van der Waals surface area (Å²) in [6.07, 6.45) is 0. The maximum atomic E-state index is 12.5. The summed E-state index contributed by atoms with van der Waals surface area (Å²) in [6.45, 7) is 6.54. The molecular weight excluding hydrogens is 332 g/mol. The van der Waals surface area contributed by atoms with Crippen molar-refractivity contribution in [2.75, 3.05) is 31.5 Å². The van der Waals surface area contributed by atoms with Crippen LogP contribution in [0.1, 0.15) is 18.1 Å². The van der Waals surface area contributed by atoms with E-state index in [1.54, 1.807) is 6.07 Å². The summed E-state index contributed by atoms with van der Waals surface area (Å²) in [7, 11) is 0. The first-order valence-corrected chi connectivity index (χ1v) is 9.34. The molecule has 1 saturated heterocycles. The largest absolute Gasteiger partial charge is 0.315 e. The molecule has 1 aromatic heterocycles. The second-order valence-electron chi connectivity index (χ2n) is 6.24. The zero-order valence-corrected chi connectivity index (χ0v) is 15.1. The number of amides is 1. The maximum Gasteiger partial charge on any atom is 0.242 e. The molecule has 3 rings (SSSR count). The molecule has 25 heavy (non-hydrogen) atoms. The predicted octanol–water partition coefficient (Wildman–Crippen LogP) is 2.76. The van der Waals surface area contributed by atoms with Crippen molar-refractivity contribution in [3.63, 3.8) is 0 Å². The van der Waals surface area contributed by atoms with Gasteiger partial charge >= 0.3 is 0 Å². The maximum absolute atomic E-state index is 12.5. The van der Waals surface area contributed by atoms with Gasteiger partial charge in [0.15, 0.2) is 0 Å². The van der Waals surface area contributed by atoms with Gasteiger partial charge in [0.25, 0.3) is 0 Å². The Labute approximate surface area is 152 Å². The Morgan fingerprint density at radius 1 is 1.24 bits per heavy atom. The molecule has 1 N–H and O–H groups in total. The number of nitrogens with one attached hydrogen (secondary N) is 1. The average molecular weight is 354 g/mol. The van der Waals surface area contributed by atoms with Gasteiger partial charge in [-0.25, -0.2) is 0 Å². The van der Waals surface area contributed by atoms with E-state index in [0.29, 0.717) is 10.6 Å². The monoisotopic (exact) mass is 354 g/mol. The van der Waals surface area contributed by atoms with Crippen molar-refractivity contribution in [2.24, 2.45) is 0 Å². The second-order valence-corrected chi connectivity index (χ2v) is 7.15. The summed E-state index contributed by atoms with van der Waals surface area (Å²) in [5, 5.41) is 14.4. The minimum absolute atomic E-state index is 0.0459. The molecule has 1 aliphatic heterocycles. The molecule has 2 aromatic rings. The first kappa shape index (κ1) is 17.6. The van der Waals surface area contributed by atoms with Crippen molar-refractivity contribution in [1.82, 2.24) is 9.80 Å². The van der Waals surface area contributed by atoms with Crippen LogP contribution in [0.25, 0.3) is 0 Å². The van der Waals surface area contributed by atoms with Crippen molar-refractivity contribution >= 4 is 22.2 Å². The molecule has 5 nitrogen and oxygen atoms in total. The number of hydrogen-bond donors (Lipinski definition) is 1. The van der Waals surface area contributed by atoms with Gasteiger partial charge in [0.2, 0.25) is 5.91 Å². The third-order valence-corrected chi connectivity index (χ3v) is 5.44. The Morgan fingerprint density at radius 3 is 2.64 bits per heavy atom. The molecule has 1 aliphatic rings. The van der Waals surface area contributed by atoms with Gasteiger partial charge < -0.3 is 5.32 Å². The number of rotatable bonds is 5. The van der Waals surface area contributed by atoms with Crippen molar-refractivity contribution in [3.8, 4) is 6.07 Å². The molecule has 6 heteroatoms. The molecule has 0 radical (unpaired) electrons. The van der Waals surface area contributed by atoms with Crippen LogP contribution in [0.15, 0.2) is 41.8 Å². The first-order chi connectivity index (χ1) is 12.2. The Kier molecular flexibility index (Phi) is 5.82. The Hall–Kier alpha value is -2.20. The van der Waals surface area contributed by atoms with E-state index < -0.39 is 0 Å². The summed E-state index contributed by atoms with van der Waals surface area (Å²) in [5.41, 5.74) is 1.85. The van der Waals surface area contributed by atoms with E-state index >= 15 is 0 Å². The average Bonchev–Trinajstić information content (AvgIpc) is 3.09. The number of anilines is 1. The van der Waals surface area contributed by atoms with Gasteiger partial charge in [0.05, 0.1) is 11.6 Å². The molecular formula is C19H22N4OS. The number of hydrogen-bond acceptors (Lipinski definition) is 5.